The van der Waals surface area contributed by atoms with Crippen molar-refractivity contribution in [2.75, 3.05) is 26.2 Å². The summed E-state index contributed by atoms with van der Waals surface area (Å²) in [5.74, 6) is 0. The molecule has 1 fully saturated rings. The molecule has 1 aliphatic heterocycles. The minimum Gasteiger partial charge on any atom is -0.310 e. The summed E-state index contributed by atoms with van der Waals surface area (Å²) in [5, 5.41) is 14.1. The fourth-order valence-corrected chi connectivity index (χ4v) is 2.63. The first-order valence-corrected chi connectivity index (χ1v) is 7.37. The number of non-ortho nitro benzene ring substituents is 1. The van der Waals surface area contributed by atoms with E-state index in [9.17, 15) is 10.1 Å². The fourth-order valence-electron chi connectivity index (χ4n) is 2.63. The van der Waals surface area contributed by atoms with Crippen molar-refractivity contribution < 1.29 is 4.92 Å². The third kappa shape index (κ3) is 4.28. The lowest BCUT2D eigenvalue weighted by molar-refractivity contribution is -0.384. The van der Waals surface area contributed by atoms with Gasteiger partial charge in [-0.1, -0.05) is 12.1 Å². The van der Waals surface area contributed by atoms with Gasteiger partial charge in [0, 0.05) is 18.2 Å². The molecule has 0 aromatic heterocycles. The zero-order valence-corrected chi connectivity index (χ0v) is 12.0. The Labute approximate surface area is 120 Å². The molecule has 0 amide bonds. The van der Waals surface area contributed by atoms with Crippen molar-refractivity contribution in [3.05, 3.63) is 39.9 Å². The summed E-state index contributed by atoms with van der Waals surface area (Å²) in [6.07, 6.45) is 3.83. The maximum Gasteiger partial charge on any atom is 0.269 e. The minimum atomic E-state index is -0.363. The van der Waals surface area contributed by atoms with Gasteiger partial charge in [-0.3, -0.25) is 10.1 Å². The van der Waals surface area contributed by atoms with E-state index < -0.39 is 0 Å². The summed E-state index contributed by atoms with van der Waals surface area (Å²) in [6.45, 7) is 6.74. The number of likely N-dealkylation sites (tertiary alicyclic amines) is 1. The molecule has 0 bridgehead atoms. The Balaban J connectivity index is 1.70. The quantitative estimate of drug-likeness (QED) is 0.473. The highest BCUT2D eigenvalue weighted by Gasteiger charge is 2.11. The van der Waals surface area contributed by atoms with Gasteiger partial charge >= 0.3 is 0 Å². The Morgan fingerprint density at radius 1 is 1.30 bits per heavy atom. The lowest BCUT2D eigenvalue weighted by Gasteiger charge is -2.17. The Morgan fingerprint density at radius 2 is 1.95 bits per heavy atom. The predicted molar refractivity (Wildman–Crippen MR) is 79.8 cm³/mol. The van der Waals surface area contributed by atoms with Crippen LogP contribution in [0.2, 0.25) is 0 Å². The lowest BCUT2D eigenvalue weighted by Crippen LogP contribution is -2.26. The Kier molecular flexibility index (Phi) is 5.49. The average molecular weight is 277 g/mol. The third-order valence-corrected chi connectivity index (χ3v) is 3.90. The van der Waals surface area contributed by atoms with Crippen molar-refractivity contribution in [1.82, 2.24) is 10.2 Å². The highest BCUT2D eigenvalue weighted by atomic mass is 16.6. The van der Waals surface area contributed by atoms with E-state index in [4.69, 9.17) is 0 Å². The van der Waals surface area contributed by atoms with Gasteiger partial charge in [0.15, 0.2) is 0 Å². The number of nitro benzene ring substituents is 1. The molecule has 1 aromatic rings. The summed E-state index contributed by atoms with van der Waals surface area (Å²) in [4.78, 5) is 12.8. The molecule has 5 heteroatoms. The summed E-state index contributed by atoms with van der Waals surface area (Å²) in [6, 6.07) is 7.02. The van der Waals surface area contributed by atoms with Gasteiger partial charge in [0.2, 0.25) is 0 Å². The van der Waals surface area contributed by atoms with E-state index in [2.05, 4.69) is 17.1 Å². The van der Waals surface area contributed by atoms with E-state index in [0.29, 0.717) is 0 Å². The molecule has 1 aromatic carbocycles. The molecular formula is C15H23N3O2. The summed E-state index contributed by atoms with van der Waals surface area (Å²) in [5.41, 5.74) is 1.24. The number of hydrogen-bond acceptors (Lipinski definition) is 4. The number of nitrogens with one attached hydrogen (secondary N) is 1. The molecular weight excluding hydrogens is 254 g/mol. The first kappa shape index (κ1) is 14.9. The molecule has 0 radical (unpaired) electrons. The van der Waals surface area contributed by atoms with Crippen molar-refractivity contribution in [2.24, 2.45) is 0 Å². The van der Waals surface area contributed by atoms with E-state index >= 15 is 0 Å². The SMILES string of the molecule is CC(NCCCN1CCCC1)c1ccc([N+](=O)[O-])cc1. The second-order valence-electron chi connectivity index (χ2n) is 5.43. The largest absolute Gasteiger partial charge is 0.310 e. The normalized spacial score (nSPS) is 17.2. The van der Waals surface area contributed by atoms with Gasteiger partial charge in [-0.05, 0) is 57.9 Å². The van der Waals surface area contributed by atoms with Crippen LogP contribution in [0.5, 0.6) is 0 Å². The van der Waals surface area contributed by atoms with E-state index in [1.165, 1.54) is 32.5 Å². The van der Waals surface area contributed by atoms with Crippen LogP contribution in [0.3, 0.4) is 0 Å². The minimum absolute atomic E-state index is 0.148. The Bertz CT molecular complexity index is 427. The molecule has 1 atom stereocenters. The number of rotatable bonds is 7. The van der Waals surface area contributed by atoms with Crippen LogP contribution in [0.1, 0.15) is 37.8 Å². The fraction of sp³-hybridized carbons (Fsp3) is 0.600. The molecule has 0 saturated carbocycles. The first-order chi connectivity index (χ1) is 9.66. The molecule has 0 aliphatic carbocycles. The zero-order chi connectivity index (χ0) is 14.4. The standard InChI is InChI=1S/C15H23N3O2/c1-13(14-5-7-15(8-6-14)18(19)20)16-9-4-12-17-10-2-3-11-17/h5-8,13,16H,2-4,9-12H2,1H3. The molecule has 5 nitrogen and oxygen atoms in total. The van der Waals surface area contributed by atoms with Crippen molar-refractivity contribution in [3.8, 4) is 0 Å². The zero-order valence-electron chi connectivity index (χ0n) is 12.0. The average Bonchev–Trinajstić information content (AvgIpc) is 2.96. The molecule has 2 rings (SSSR count). The van der Waals surface area contributed by atoms with Gasteiger partial charge < -0.3 is 10.2 Å². The topological polar surface area (TPSA) is 58.4 Å². The van der Waals surface area contributed by atoms with Crippen LogP contribution >= 0.6 is 0 Å². The molecule has 20 heavy (non-hydrogen) atoms. The molecule has 1 saturated heterocycles. The van der Waals surface area contributed by atoms with Gasteiger partial charge in [-0.15, -0.1) is 0 Å². The van der Waals surface area contributed by atoms with Crippen molar-refractivity contribution in [2.45, 2.75) is 32.2 Å². The lowest BCUT2D eigenvalue weighted by atomic mass is 10.1. The second kappa shape index (κ2) is 7.36. The highest BCUT2D eigenvalue weighted by molar-refractivity contribution is 5.33. The predicted octanol–water partition coefficient (Wildman–Crippen LogP) is 2.73. The molecule has 110 valence electrons. The Morgan fingerprint density at radius 3 is 2.55 bits per heavy atom. The van der Waals surface area contributed by atoms with Crippen LogP contribution in [-0.2, 0) is 0 Å². The van der Waals surface area contributed by atoms with Crippen molar-refractivity contribution >= 4 is 5.69 Å². The van der Waals surface area contributed by atoms with Gasteiger partial charge in [0.05, 0.1) is 4.92 Å². The third-order valence-electron chi connectivity index (χ3n) is 3.90. The summed E-state index contributed by atoms with van der Waals surface area (Å²) >= 11 is 0. The van der Waals surface area contributed by atoms with Crippen LogP contribution in [0.15, 0.2) is 24.3 Å². The number of hydrogen-bond donors (Lipinski definition) is 1. The number of nitro groups is 1. The highest BCUT2D eigenvalue weighted by Crippen LogP contribution is 2.17. The monoisotopic (exact) mass is 277 g/mol. The van der Waals surface area contributed by atoms with Crippen molar-refractivity contribution in [1.29, 1.82) is 0 Å². The van der Waals surface area contributed by atoms with E-state index in [1.54, 1.807) is 12.1 Å². The molecule has 1 unspecified atom stereocenters. The molecule has 0 spiro atoms. The van der Waals surface area contributed by atoms with Crippen LogP contribution in [0, 0.1) is 10.1 Å². The molecule has 1 N–H and O–H groups in total. The van der Waals surface area contributed by atoms with E-state index in [-0.39, 0.29) is 16.7 Å². The summed E-state index contributed by atoms with van der Waals surface area (Å²) in [7, 11) is 0. The van der Waals surface area contributed by atoms with Gasteiger partial charge in [-0.2, -0.15) is 0 Å². The van der Waals surface area contributed by atoms with Gasteiger partial charge in [-0.25, -0.2) is 0 Å². The van der Waals surface area contributed by atoms with Crippen LogP contribution in [0.4, 0.5) is 5.69 Å². The van der Waals surface area contributed by atoms with E-state index in [0.717, 1.165) is 18.5 Å². The van der Waals surface area contributed by atoms with Crippen molar-refractivity contribution in [3.63, 3.8) is 0 Å². The van der Waals surface area contributed by atoms with Crippen LogP contribution in [0.25, 0.3) is 0 Å². The first-order valence-electron chi connectivity index (χ1n) is 7.37. The maximum atomic E-state index is 10.6. The van der Waals surface area contributed by atoms with Gasteiger partial charge in [0.25, 0.3) is 5.69 Å². The van der Waals surface area contributed by atoms with Crippen LogP contribution in [-0.4, -0.2) is 36.0 Å². The molecule has 1 heterocycles. The second-order valence-corrected chi connectivity index (χ2v) is 5.43. The number of nitrogens with zero attached hydrogens (tertiary/aromatic N) is 2. The summed E-state index contributed by atoms with van der Waals surface area (Å²) < 4.78 is 0. The van der Waals surface area contributed by atoms with Crippen LogP contribution < -0.4 is 5.32 Å². The maximum absolute atomic E-state index is 10.6. The molecule has 1 aliphatic rings. The van der Waals surface area contributed by atoms with E-state index in [1.807, 2.05) is 12.1 Å². The smallest absolute Gasteiger partial charge is 0.269 e. The van der Waals surface area contributed by atoms with Gasteiger partial charge in [0.1, 0.15) is 0 Å². The Hall–Kier alpha value is -1.46. The number of benzene rings is 1.